The van der Waals surface area contributed by atoms with Crippen LogP contribution in [0.3, 0.4) is 0 Å². The molecule has 0 amide bonds. The highest BCUT2D eigenvalue weighted by molar-refractivity contribution is 9.10. The Hall–Kier alpha value is -2.11. The van der Waals surface area contributed by atoms with Crippen LogP contribution in [-0.2, 0) is 4.74 Å². The molecule has 27 heavy (non-hydrogen) atoms. The predicted octanol–water partition coefficient (Wildman–Crippen LogP) is 5.30. The van der Waals surface area contributed by atoms with Crippen molar-refractivity contribution < 1.29 is 19.0 Å². The molecule has 0 aromatic heterocycles. The number of nitro groups is 2. The minimum absolute atomic E-state index is 0.0120. The van der Waals surface area contributed by atoms with E-state index in [1.165, 1.54) is 12.1 Å². The van der Waals surface area contributed by atoms with Gasteiger partial charge in [0.1, 0.15) is 5.69 Å². The smallest absolute Gasteiger partial charge is 0.304 e. The topological polar surface area (TPSA) is 108 Å². The summed E-state index contributed by atoms with van der Waals surface area (Å²) in [7, 11) is 1.59. The molecule has 0 bridgehead atoms. The van der Waals surface area contributed by atoms with Crippen molar-refractivity contribution in [3.8, 4) is 0 Å². The first-order valence-corrected chi connectivity index (χ1v) is 9.03. The van der Waals surface area contributed by atoms with Crippen LogP contribution in [0.4, 0.5) is 21.5 Å². The number of ether oxygens (including phenoxy) is 1. The van der Waals surface area contributed by atoms with Gasteiger partial charge in [0.25, 0.3) is 5.69 Å². The molecule has 0 heterocycles. The Morgan fingerprint density at radius 3 is 2.07 bits per heavy atom. The molecule has 2 aromatic rings. The molecule has 0 fully saturated rings. The van der Waals surface area contributed by atoms with E-state index in [1.54, 1.807) is 19.2 Å². The molecular weight excluding hydrogens is 493 g/mol. The van der Waals surface area contributed by atoms with Gasteiger partial charge in [-0.2, -0.15) is 4.39 Å². The van der Waals surface area contributed by atoms with Crippen molar-refractivity contribution in [2.75, 3.05) is 19.0 Å². The summed E-state index contributed by atoms with van der Waals surface area (Å²) < 4.78 is 18.9. The Morgan fingerprint density at radius 1 is 1.07 bits per heavy atom. The fourth-order valence-corrected chi connectivity index (χ4v) is 2.66. The Morgan fingerprint density at radius 2 is 1.59 bits per heavy atom. The van der Waals surface area contributed by atoms with Gasteiger partial charge < -0.3 is 10.1 Å². The lowest BCUT2D eigenvalue weighted by Crippen LogP contribution is -2.21. The molecule has 1 N–H and O–H groups in total. The molecule has 0 aliphatic heterocycles. The first-order chi connectivity index (χ1) is 12.6. The molecule has 0 saturated carbocycles. The first-order valence-electron chi connectivity index (χ1n) is 7.44. The van der Waals surface area contributed by atoms with Crippen LogP contribution in [0.5, 0.6) is 0 Å². The van der Waals surface area contributed by atoms with Crippen LogP contribution in [-0.4, -0.2) is 29.6 Å². The zero-order chi connectivity index (χ0) is 20.6. The Kier molecular flexibility index (Phi) is 9.26. The average Bonchev–Trinajstić information content (AvgIpc) is 2.55. The maximum Gasteiger partial charge on any atom is 0.304 e. The normalized spacial score (nSPS) is 11.1. The molecule has 11 heteroatoms. The Balaban J connectivity index is 0.000000289. The number of halogens is 3. The summed E-state index contributed by atoms with van der Waals surface area (Å²) in [6.45, 7) is 2.39. The van der Waals surface area contributed by atoms with Crippen molar-refractivity contribution in [1.29, 1.82) is 0 Å². The van der Waals surface area contributed by atoms with E-state index in [4.69, 9.17) is 4.74 Å². The van der Waals surface area contributed by atoms with E-state index >= 15 is 0 Å². The minimum atomic E-state index is -0.829. The van der Waals surface area contributed by atoms with Crippen molar-refractivity contribution in [2.24, 2.45) is 0 Å². The highest BCUT2D eigenvalue weighted by Crippen LogP contribution is 2.28. The number of methoxy groups -OCH3 is 1. The highest BCUT2D eigenvalue weighted by atomic mass is 79.9. The van der Waals surface area contributed by atoms with Crippen molar-refractivity contribution in [2.45, 2.75) is 13.0 Å². The summed E-state index contributed by atoms with van der Waals surface area (Å²) in [6.07, 6.45) is 0. The first kappa shape index (κ1) is 22.9. The van der Waals surface area contributed by atoms with E-state index in [9.17, 15) is 24.6 Å². The van der Waals surface area contributed by atoms with E-state index in [0.29, 0.717) is 16.8 Å². The van der Waals surface area contributed by atoms with Gasteiger partial charge in [0.15, 0.2) is 0 Å². The lowest BCUT2D eigenvalue weighted by atomic mass is 10.2. The molecule has 1 atom stereocenters. The summed E-state index contributed by atoms with van der Waals surface area (Å²) in [4.78, 5) is 19.7. The van der Waals surface area contributed by atoms with Crippen LogP contribution in [0.1, 0.15) is 6.92 Å². The number of hydrogen-bond donors (Lipinski definition) is 1. The molecule has 0 unspecified atom stereocenters. The number of benzene rings is 2. The van der Waals surface area contributed by atoms with E-state index in [2.05, 4.69) is 37.2 Å². The second-order valence-electron chi connectivity index (χ2n) is 5.27. The Bertz CT molecular complexity index is 823. The van der Waals surface area contributed by atoms with Gasteiger partial charge >= 0.3 is 5.69 Å². The summed E-state index contributed by atoms with van der Waals surface area (Å²) >= 11 is 6.26. The zero-order valence-corrected chi connectivity index (χ0v) is 17.5. The molecule has 2 rings (SSSR count). The van der Waals surface area contributed by atoms with Gasteiger partial charge in [-0.15, -0.1) is 0 Å². The lowest BCUT2D eigenvalue weighted by molar-refractivity contribution is -0.387. The minimum Gasteiger partial charge on any atom is -0.383 e. The maximum absolute atomic E-state index is 12.6. The SMILES string of the molecule is COC[C@@H](C)Nc1cc(Br)ccc1[N+](=O)[O-].O=[N+]([O-])c1ccc(Br)cc1F. The van der Waals surface area contributed by atoms with Crippen LogP contribution >= 0.6 is 31.9 Å². The highest BCUT2D eigenvalue weighted by Gasteiger charge is 2.15. The maximum atomic E-state index is 12.6. The molecule has 0 aliphatic carbocycles. The van der Waals surface area contributed by atoms with Gasteiger partial charge in [0, 0.05) is 34.2 Å². The molecule has 0 radical (unpaired) electrons. The van der Waals surface area contributed by atoms with Crippen molar-refractivity contribution in [3.63, 3.8) is 0 Å². The monoisotopic (exact) mass is 507 g/mol. The molecule has 0 saturated heterocycles. The van der Waals surface area contributed by atoms with Crippen LogP contribution in [0.2, 0.25) is 0 Å². The number of nitro benzene ring substituents is 2. The zero-order valence-electron chi connectivity index (χ0n) is 14.3. The third-order valence-corrected chi connectivity index (χ3v) is 4.07. The van der Waals surface area contributed by atoms with Crippen molar-refractivity contribution in [3.05, 3.63) is 71.4 Å². The molecule has 8 nitrogen and oxygen atoms in total. The quantitative estimate of drug-likeness (QED) is 0.419. The van der Waals surface area contributed by atoms with Gasteiger partial charge in [0.2, 0.25) is 5.82 Å². The van der Waals surface area contributed by atoms with Crippen LogP contribution < -0.4 is 5.32 Å². The number of anilines is 1. The standard InChI is InChI=1S/C10H13BrN2O3.C6H3BrFNO2/c1-7(6-16-2)12-9-5-8(11)3-4-10(9)13(14)15;7-4-1-2-6(9(10)11)5(8)3-4/h3-5,7,12H,6H2,1-2H3;1-3H/t7-;/m1./s1. The van der Waals surface area contributed by atoms with Gasteiger partial charge in [-0.25, -0.2) is 0 Å². The molecule has 2 aromatic carbocycles. The van der Waals surface area contributed by atoms with Crippen LogP contribution in [0, 0.1) is 26.0 Å². The fourth-order valence-electron chi connectivity index (χ4n) is 1.97. The van der Waals surface area contributed by atoms with Crippen molar-refractivity contribution in [1.82, 2.24) is 0 Å². The molecule has 0 aliphatic rings. The van der Waals surface area contributed by atoms with Crippen molar-refractivity contribution >= 4 is 48.9 Å². The number of nitrogens with one attached hydrogen (secondary N) is 1. The average molecular weight is 509 g/mol. The lowest BCUT2D eigenvalue weighted by Gasteiger charge is -2.14. The third kappa shape index (κ3) is 7.57. The summed E-state index contributed by atoms with van der Waals surface area (Å²) in [5.41, 5.74) is 0.0447. The fraction of sp³-hybridized carbons (Fsp3) is 0.250. The van der Waals surface area contributed by atoms with Crippen LogP contribution in [0.25, 0.3) is 0 Å². The molecule has 146 valence electrons. The molecular formula is C16H16Br2FN3O5. The molecule has 0 spiro atoms. The largest absolute Gasteiger partial charge is 0.383 e. The van der Waals surface area contributed by atoms with E-state index < -0.39 is 21.4 Å². The van der Waals surface area contributed by atoms with E-state index in [-0.39, 0.29) is 11.7 Å². The van der Waals surface area contributed by atoms with Gasteiger partial charge in [-0.3, -0.25) is 20.2 Å². The number of rotatable bonds is 6. The van der Waals surface area contributed by atoms with Crippen LogP contribution in [0.15, 0.2) is 45.3 Å². The second-order valence-corrected chi connectivity index (χ2v) is 7.10. The predicted molar refractivity (Wildman–Crippen MR) is 107 cm³/mol. The number of nitrogens with zero attached hydrogens (tertiary/aromatic N) is 2. The van der Waals surface area contributed by atoms with E-state index in [0.717, 1.165) is 16.6 Å². The van der Waals surface area contributed by atoms with E-state index in [1.807, 2.05) is 6.92 Å². The van der Waals surface area contributed by atoms with Gasteiger partial charge in [-0.1, -0.05) is 31.9 Å². The summed E-state index contributed by atoms with van der Waals surface area (Å²) in [5.74, 6) is -0.829. The van der Waals surface area contributed by atoms with Gasteiger partial charge in [0.05, 0.1) is 16.5 Å². The Labute approximate surface area is 171 Å². The summed E-state index contributed by atoms with van der Waals surface area (Å²) in [6, 6.07) is 8.39. The second kappa shape index (κ2) is 10.9. The van der Waals surface area contributed by atoms with Gasteiger partial charge in [-0.05, 0) is 31.2 Å². The third-order valence-electron chi connectivity index (χ3n) is 3.08. The number of hydrogen-bond acceptors (Lipinski definition) is 6. The summed E-state index contributed by atoms with van der Waals surface area (Å²) in [5, 5.41) is 23.9.